The summed E-state index contributed by atoms with van der Waals surface area (Å²) in [4.78, 5) is 10.7. The number of carboxylic acids is 1. The Balaban J connectivity index is 2.26. The minimum atomic E-state index is -1.02. The molecule has 2 aromatic rings. The van der Waals surface area contributed by atoms with E-state index in [1.807, 2.05) is 18.2 Å². The van der Waals surface area contributed by atoms with Gasteiger partial charge in [-0.25, -0.2) is 4.79 Å². The van der Waals surface area contributed by atoms with E-state index in [9.17, 15) is 4.79 Å². The van der Waals surface area contributed by atoms with Gasteiger partial charge in [-0.05, 0) is 29.8 Å². The molecule has 0 saturated heterocycles. The quantitative estimate of drug-likeness (QED) is 0.817. The molecule has 0 saturated carbocycles. The molecule has 0 heterocycles. The average Bonchev–Trinajstić information content (AvgIpc) is 2.51. The van der Waals surface area contributed by atoms with E-state index in [2.05, 4.69) is 0 Å². The van der Waals surface area contributed by atoms with E-state index in [0.29, 0.717) is 28.7 Å². The number of hydrogen-bond acceptors (Lipinski definition) is 3. The fourth-order valence-corrected chi connectivity index (χ4v) is 2.14. The Morgan fingerprint density at radius 1 is 1.27 bits per heavy atom. The number of aliphatic carboxylic acids is 1. The van der Waals surface area contributed by atoms with Gasteiger partial charge in [-0.1, -0.05) is 35.9 Å². The van der Waals surface area contributed by atoms with E-state index in [4.69, 9.17) is 26.2 Å². The van der Waals surface area contributed by atoms with Crippen LogP contribution in [0.3, 0.4) is 0 Å². The van der Waals surface area contributed by atoms with Crippen molar-refractivity contribution in [3.8, 4) is 11.5 Å². The monoisotopic (exact) mass is 318 g/mol. The van der Waals surface area contributed by atoms with E-state index in [1.54, 1.807) is 24.3 Å². The van der Waals surface area contributed by atoms with Crippen molar-refractivity contribution in [2.24, 2.45) is 0 Å². The van der Waals surface area contributed by atoms with Crippen LogP contribution in [0.15, 0.2) is 48.5 Å². The van der Waals surface area contributed by atoms with Gasteiger partial charge in [0.15, 0.2) is 11.5 Å². The highest BCUT2D eigenvalue weighted by Gasteiger charge is 2.09. The molecule has 1 N–H and O–H groups in total. The molecule has 0 radical (unpaired) electrons. The van der Waals surface area contributed by atoms with E-state index in [1.165, 1.54) is 13.2 Å². The molecule has 4 nitrogen and oxygen atoms in total. The maximum atomic E-state index is 10.7. The van der Waals surface area contributed by atoms with Crippen LogP contribution in [-0.4, -0.2) is 18.2 Å². The fourth-order valence-electron chi connectivity index (χ4n) is 1.92. The van der Waals surface area contributed by atoms with Crippen molar-refractivity contribution in [1.29, 1.82) is 0 Å². The van der Waals surface area contributed by atoms with Crippen molar-refractivity contribution in [2.45, 2.75) is 6.61 Å². The topological polar surface area (TPSA) is 55.8 Å². The Kier molecular flexibility index (Phi) is 5.44. The highest BCUT2D eigenvalue weighted by Crippen LogP contribution is 2.32. The molecule has 0 aliphatic rings. The zero-order valence-corrected chi connectivity index (χ0v) is 12.7. The van der Waals surface area contributed by atoms with Crippen molar-refractivity contribution in [1.82, 2.24) is 0 Å². The molecule has 0 atom stereocenters. The zero-order chi connectivity index (χ0) is 15.9. The van der Waals surface area contributed by atoms with Gasteiger partial charge in [0, 0.05) is 16.7 Å². The van der Waals surface area contributed by atoms with Gasteiger partial charge < -0.3 is 14.6 Å². The molecule has 2 aromatic carbocycles. The lowest BCUT2D eigenvalue weighted by molar-refractivity contribution is -0.131. The molecule has 22 heavy (non-hydrogen) atoms. The summed E-state index contributed by atoms with van der Waals surface area (Å²) in [6.07, 6.45) is 2.53. The van der Waals surface area contributed by atoms with Gasteiger partial charge >= 0.3 is 5.97 Å². The molecular weight excluding hydrogens is 304 g/mol. The van der Waals surface area contributed by atoms with Crippen LogP contribution in [0.1, 0.15) is 11.1 Å². The van der Waals surface area contributed by atoms with Gasteiger partial charge in [-0.2, -0.15) is 0 Å². The van der Waals surface area contributed by atoms with Crippen LogP contribution in [-0.2, 0) is 11.4 Å². The molecule has 0 aliphatic carbocycles. The number of para-hydroxylation sites is 1. The Morgan fingerprint density at radius 3 is 2.73 bits per heavy atom. The summed E-state index contributed by atoms with van der Waals surface area (Å²) in [5.74, 6) is 0.000605. The smallest absolute Gasteiger partial charge is 0.328 e. The highest BCUT2D eigenvalue weighted by molar-refractivity contribution is 6.30. The Labute approximate surface area is 133 Å². The van der Waals surface area contributed by atoms with Crippen molar-refractivity contribution in [2.75, 3.05) is 7.11 Å². The minimum Gasteiger partial charge on any atom is -0.493 e. The second kappa shape index (κ2) is 7.52. The fraction of sp³-hybridized carbons (Fsp3) is 0.118. The van der Waals surface area contributed by atoms with Gasteiger partial charge in [-0.3, -0.25) is 0 Å². The summed E-state index contributed by atoms with van der Waals surface area (Å²) in [5, 5.41) is 9.39. The van der Waals surface area contributed by atoms with Crippen LogP contribution < -0.4 is 9.47 Å². The zero-order valence-electron chi connectivity index (χ0n) is 12.0. The maximum Gasteiger partial charge on any atom is 0.328 e. The number of methoxy groups -OCH3 is 1. The molecule has 0 fully saturated rings. The molecule has 5 heteroatoms. The first-order valence-corrected chi connectivity index (χ1v) is 6.93. The number of carboxylic acid groups (broad SMARTS) is 1. The third-order valence-corrected chi connectivity index (χ3v) is 3.14. The first-order valence-electron chi connectivity index (χ1n) is 6.55. The lowest BCUT2D eigenvalue weighted by Gasteiger charge is -2.13. The van der Waals surface area contributed by atoms with Gasteiger partial charge in [-0.15, -0.1) is 0 Å². The molecule has 0 spiro atoms. The molecule has 0 aromatic heterocycles. The number of benzene rings is 2. The molecule has 0 unspecified atom stereocenters. The first kappa shape index (κ1) is 15.9. The number of ether oxygens (including phenoxy) is 2. The van der Waals surface area contributed by atoms with Crippen LogP contribution in [0.5, 0.6) is 11.5 Å². The van der Waals surface area contributed by atoms with Crippen LogP contribution in [0.25, 0.3) is 6.08 Å². The Bertz CT molecular complexity index is 695. The molecular formula is C17H15ClO4. The maximum absolute atomic E-state index is 10.7. The Hall–Kier alpha value is -2.46. The normalized spacial score (nSPS) is 10.6. The van der Waals surface area contributed by atoms with Gasteiger partial charge in [0.1, 0.15) is 6.61 Å². The lowest BCUT2D eigenvalue weighted by atomic mass is 10.1. The van der Waals surface area contributed by atoms with Gasteiger partial charge in [0.2, 0.25) is 0 Å². The minimum absolute atomic E-state index is 0.300. The average molecular weight is 319 g/mol. The second-order valence-electron chi connectivity index (χ2n) is 4.47. The summed E-state index contributed by atoms with van der Waals surface area (Å²) < 4.78 is 11.1. The molecule has 114 valence electrons. The van der Waals surface area contributed by atoms with E-state index in [-0.39, 0.29) is 0 Å². The van der Waals surface area contributed by atoms with E-state index < -0.39 is 5.97 Å². The SMILES string of the molecule is COc1cccc(C=CC(=O)O)c1OCc1cccc(Cl)c1. The van der Waals surface area contributed by atoms with Crippen molar-refractivity contribution >= 4 is 23.6 Å². The standard InChI is InChI=1S/C17H15ClO4/c1-21-15-7-3-5-13(8-9-16(19)20)17(15)22-11-12-4-2-6-14(18)10-12/h2-10H,11H2,1H3,(H,19,20). The summed E-state index contributed by atoms with van der Waals surface area (Å²) in [7, 11) is 1.53. The number of hydrogen-bond donors (Lipinski definition) is 1. The first-order chi connectivity index (χ1) is 10.6. The summed E-state index contributed by atoms with van der Waals surface area (Å²) >= 11 is 5.94. The number of rotatable bonds is 6. The van der Waals surface area contributed by atoms with Crippen LogP contribution in [0.4, 0.5) is 0 Å². The molecule has 2 rings (SSSR count). The summed E-state index contributed by atoms with van der Waals surface area (Å²) in [6, 6.07) is 12.6. The van der Waals surface area contributed by atoms with E-state index >= 15 is 0 Å². The third-order valence-electron chi connectivity index (χ3n) is 2.91. The Morgan fingerprint density at radius 2 is 2.05 bits per heavy atom. The van der Waals surface area contributed by atoms with Gasteiger partial charge in [0.25, 0.3) is 0 Å². The predicted molar refractivity (Wildman–Crippen MR) is 85.4 cm³/mol. The van der Waals surface area contributed by atoms with Crippen LogP contribution in [0, 0.1) is 0 Å². The van der Waals surface area contributed by atoms with Crippen molar-refractivity contribution in [3.05, 3.63) is 64.7 Å². The van der Waals surface area contributed by atoms with Gasteiger partial charge in [0.05, 0.1) is 7.11 Å². The van der Waals surface area contributed by atoms with Crippen LogP contribution >= 0.6 is 11.6 Å². The summed E-state index contributed by atoms with van der Waals surface area (Å²) in [6.45, 7) is 0.300. The number of carbonyl (C=O) groups is 1. The third kappa shape index (κ3) is 4.27. The number of halogens is 1. The highest BCUT2D eigenvalue weighted by atomic mass is 35.5. The summed E-state index contributed by atoms with van der Waals surface area (Å²) in [5.41, 5.74) is 1.54. The van der Waals surface area contributed by atoms with Crippen molar-refractivity contribution < 1.29 is 19.4 Å². The largest absolute Gasteiger partial charge is 0.493 e. The second-order valence-corrected chi connectivity index (χ2v) is 4.91. The van der Waals surface area contributed by atoms with Crippen LogP contribution in [0.2, 0.25) is 5.02 Å². The van der Waals surface area contributed by atoms with Crippen molar-refractivity contribution in [3.63, 3.8) is 0 Å². The molecule has 0 amide bonds. The molecule has 0 bridgehead atoms. The predicted octanol–water partition coefficient (Wildman–Crippen LogP) is 4.03. The van der Waals surface area contributed by atoms with E-state index in [0.717, 1.165) is 11.6 Å². The molecule has 0 aliphatic heterocycles. The lowest BCUT2D eigenvalue weighted by Crippen LogP contribution is -1.99.